The SMILES string of the molecule is COc1ccc(CCNC(=O)c2cnc(Nc3c(F)cccc3F)nc2)cc1. The maximum absolute atomic E-state index is 13.6. The highest BCUT2D eigenvalue weighted by Crippen LogP contribution is 2.20. The Balaban J connectivity index is 1.54. The first-order chi connectivity index (χ1) is 13.6. The largest absolute Gasteiger partial charge is 0.497 e. The number of amides is 1. The number of aromatic nitrogens is 2. The summed E-state index contributed by atoms with van der Waals surface area (Å²) in [5.41, 5.74) is 0.956. The van der Waals surface area contributed by atoms with Gasteiger partial charge in [-0.1, -0.05) is 18.2 Å². The Kier molecular flexibility index (Phi) is 6.11. The van der Waals surface area contributed by atoms with Gasteiger partial charge in [0, 0.05) is 18.9 Å². The standard InChI is InChI=1S/C20H18F2N4O2/c1-28-15-7-5-13(6-8-15)9-10-23-19(27)14-11-24-20(25-12-14)26-18-16(21)3-2-4-17(18)22/h2-8,11-12H,9-10H2,1H3,(H,23,27)(H,24,25,26). The predicted octanol–water partition coefficient (Wildman–Crippen LogP) is 3.48. The molecule has 0 spiro atoms. The molecule has 144 valence electrons. The number of hydrogen-bond donors (Lipinski definition) is 2. The molecule has 0 atom stereocenters. The van der Waals surface area contributed by atoms with Gasteiger partial charge >= 0.3 is 0 Å². The highest BCUT2D eigenvalue weighted by atomic mass is 19.1. The summed E-state index contributed by atoms with van der Waals surface area (Å²) in [6, 6.07) is 11.1. The van der Waals surface area contributed by atoms with E-state index in [9.17, 15) is 13.6 Å². The Morgan fingerprint density at radius 2 is 1.68 bits per heavy atom. The first kappa shape index (κ1) is 19.2. The fourth-order valence-electron chi connectivity index (χ4n) is 2.45. The minimum Gasteiger partial charge on any atom is -0.497 e. The molecule has 0 saturated carbocycles. The van der Waals surface area contributed by atoms with Crippen molar-refractivity contribution in [2.24, 2.45) is 0 Å². The highest BCUT2D eigenvalue weighted by Gasteiger charge is 2.11. The molecule has 2 aromatic carbocycles. The molecule has 0 aliphatic heterocycles. The van der Waals surface area contributed by atoms with Gasteiger partial charge in [-0.15, -0.1) is 0 Å². The van der Waals surface area contributed by atoms with E-state index >= 15 is 0 Å². The summed E-state index contributed by atoms with van der Waals surface area (Å²) < 4.78 is 32.4. The lowest BCUT2D eigenvalue weighted by atomic mass is 10.1. The molecule has 1 amide bonds. The number of carbonyl (C=O) groups excluding carboxylic acids is 1. The number of hydrogen-bond acceptors (Lipinski definition) is 5. The van der Waals surface area contributed by atoms with Gasteiger partial charge in [-0.05, 0) is 36.2 Å². The van der Waals surface area contributed by atoms with Gasteiger partial charge in [-0.3, -0.25) is 4.79 Å². The Bertz CT molecular complexity index is 927. The van der Waals surface area contributed by atoms with Gasteiger partial charge in [0.25, 0.3) is 5.91 Å². The van der Waals surface area contributed by atoms with Gasteiger partial charge < -0.3 is 15.4 Å². The summed E-state index contributed by atoms with van der Waals surface area (Å²) in [7, 11) is 1.60. The average molecular weight is 384 g/mol. The van der Waals surface area contributed by atoms with E-state index in [1.165, 1.54) is 18.5 Å². The lowest BCUT2D eigenvalue weighted by Crippen LogP contribution is -2.26. The third-order valence-corrected chi connectivity index (χ3v) is 3.97. The molecule has 8 heteroatoms. The van der Waals surface area contributed by atoms with Crippen LogP contribution in [0.25, 0.3) is 0 Å². The van der Waals surface area contributed by atoms with Gasteiger partial charge in [-0.25, -0.2) is 18.7 Å². The Morgan fingerprint density at radius 3 is 2.29 bits per heavy atom. The van der Waals surface area contributed by atoms with Crippen molar-refractivity contribution in [3.63, 3.8) is 0 Å². The molecule has 0 fully saturated rings. The molecule has 3 aromatic rings. The Hall–Kier alpha value is -3.55. The molecule has 2 N–H and O–H groups in total. The number of para-hydroxylation sites is 1. The van der Waals surface area contributed by atoms with Crippen LogP contribution in [0.4, 0.5) is 20.4 Å². The molecule has 1 heterocycles. The number of benzene rings is 2. The summed E-state index contributed by atoms with van der Waals surface area (Å²) >= 11 is 0. The van der Waals surface area contributed by atoms with Crippen LogP contribution in [-0.2, 0) is 6.42 Å². The molecule has 1 aromatic heterocycles. The van der Waals surface area contributed by atoms with Crippen molar-refractivity contribution >= 4 is 17.5 Å². The maximum atomic E-state index is 13.6. The fourth-order valence-corrected chi connectivity index (χ4v) is 2.45. The Morgan fingerprint density at radius 1 is 1.04 bits per heavy atom. The van der Waals surface area contributed by atoms with Crippen LogP contribution in [0.2, 0.25) is 0 Å². The monoisotopic (exact) mass is 384 g/mol. The van der Waals surface area contributed by atoms with Crippen LogP contribution in [0.1, 0.15) is 15.9 Å². The maximum Gasteiger partial charge on any atom is 0.254 e. The van der Waals surface area contributed by atoms with Crippen LogP contribution in [0.15, 0.2) is 54.9 Å². The second-order valence-electron chi connectivity index (χ2n) is 5.87. The van der Waals surface area contributed by atoms with Crippen molar-refractivity contribution in [1.29, 1.82) is 0 Å². The number of methoxy groups -OCH3 is 1. The van der Waals surface area contributed by atoms with E-state index in [4.69, 9.17) is 4.74 Å². The van der Waals surface area contributed by atoms with Crippen LogP contribution in [0, 0.1) is 11.6 Å². The number of nitrogens with zero attached hydrogens (tertiary/aromatic N) is 2. The summed E-state index contributed by atoms with van der Waals surface area (Å²) in [5, 5.41) is 5.24. The van der Waals surface area contributed by atoms with Crippen molar-refractivity contribution in [3.05, 3.63) is 77.6 Å². The molecular weight excluding hydrogens is 366 g/mol. The first-order valence-electron chi connectivity index (χ1n) is 8.51. The van der Waals surface area contributed by atoms with E-state index in [-0.39, 0.29) is 23.1 Å². The zero-order chi connectivity index (χ0) is 19.9. The molecular formula is C20H18F2N4O2. The molecule has 3 rings (SSSR count). The minimum atomic E-state index is -0.760. The Labute approximate surface area is 160 Å². The summed E-state index contributed by atoms with van der Waals surface area (Å²) in [4.78, 5) is 20.0. The molecule has 6 nitrogen and oxygen atoms in total. The molecule has 0 aliphatic rings. The highest BCUT2D eigenvalue weighted by molar-refractivity contribution is 5.93. The van der Waals surface area contributed by atoms with E-state index in [1.807, 2.05) is 24.3 Å². The zero-order valence-electron chi connectivity index (χ0n) is 15.1. The van der Waals surface area contributed by atoms with E-state index in [0.29, 0.717) is 13.0 Å². The van der Waals surface area contributed by atoms with E-state index < -0.39 is 11.6 Å². The van der Waals surface area contributed by atoms with Crippen molar-refractivity contribution in [2.45, 2.75) is 6.42 Å². The van der Waals surface area contributed by atoms with E-state index in [0.717, 1.165) is 23.4 Å². The number of anilines is 2. The number of halogens is 2. The third-order valence-electron chi connectivity index (χ3n) is 3.97. The zero-order valence-corrected chi connectivity index (χ0v) is 15.1. The lowest BCUT2D eigenvalue weighted by Gasteiger charge is -2.08. The van der Waals surface area contributed by atoms with Crippen molar-refractivity contribution < 1.29 is 18.3 Å². The summed E-state index contributed by atoms with van der Waals surface area (Å²) in [6.45, 7) is 0.436. The third kappa shape index (κ3) is 4.79. The van der Waals surface area contributed by atoms with Crippen LogP contribution >= 0.6 is 0 Å². The van der Waals surface area contributed by atoms with Crippen LogP contribution in [-0.4, -0.2) is 29.5 Å². The quantitative estimate of drug-likeness (QED) is 0.652. The smallest absolute Gasteiger partial charge is 0.254 e. The topological polar surface area (TPSA) is 76.1 Å². The van der Waals surface area contributed by atoms with Gasteiger partial charge in [0.05, 0.1) is 12.7 Å². The van der Waals surface area contributed by atoms with Crippen molar-refractivity contribution in [1.82, 2.24) is 15.3 Å². The van der Waals surface area contributed by atoms with Gasteiger partial charge in [0.1, 0.15) is 23.1 Å². The number of ether oxygens (including phenoxy) is 1. The van der Waals surface area contributed by atoms with Crippen LogP contribution in [0.3, 0.4) is 0 Å². The molecule has 28 heavy (non-hydrogen) atoms. The molecule has 0 radical (unpaired) electrons. The second kappa shape index (κ2) is 8.90. The van der Waals surface area contributed by atoms with Crippen LogP contribution in [0.5, 0.6) is 5.75 Å². The van der Waals surface area contributed by atoms with Crippen molar-refractivity contribution in [3.8, 4) is 5.75 Å². The summed E-state index contributed by atoms with van der Waals surface area (Å²) in [6.07, 6.45) is 3.23. The van der Waals surface area contributed by atoms with Crippen LogP contribution < -0.4 is 15.4 Å². The average Bonchev–Trinajstić information content (AvgIpc) is 2.72. The number of carbonyl (C=O) groups is 1. The minimum absolute atomic E-state index is 0.0150. The normalized spacial score (nSPS) is 10.4. The number of nitrogens with one attached hydrogen (secondary N) is 2. The summed E-state index contributed by atoms with van der Waals surface area (Å²) in [5.74, 6) is -1.10. The van der Waals surface area contributed by atoms with E-state index in [1.54, 1.807) is 7.11 Å². The van der Waals surface area contributed by atoms with E-state index in [2.05, 4.69) is 20.6 Å². The fraction of sp³-hybridized carbons (Fsp3) is 0.150. The van der Waals surface area contributed by atoms with Gasteiger partial charge in [0.15, 0.2) is 0 Å². The van der Waals surface area contributed by atoms with Gasteiger partial charge in [0.2, 0.25) is 5.95 Å². The lowest BCUT2D eigenvalue weighted by molar-refractivity contribution is 0.0953. The molecule has 0 bridgehead atoms. The first-order valence-corrected chi connectivity index (χ1v) is 8.51. The van der Waals surface area contributed by atoms with Gasteiger partial charge in [-0.2, -0.15) is 0 Å². The predicted molar refractivity (Wildman–Crippen MR) is 101 cm³/mol. The van der Waals surface area contributed by atoms with Crippen molar-refractivity contribution in [2.75, 3.05) is 19.0 Å². The molecule has 0 unspecified atom stereocenters. The second-order valence-corrected chi connectivity index (χ2v) is 5.87. The molecule has 0 saturated heterocycles. The number of rotatable bonds is 7. The molecule has 0 aliphatic carbocycles.